The van der Waals surface area contributed by atoms with Crippen molar-refractivity contribution in [3.8, 4) is 5.75 Å². The summed E-state index contributed by atoms with van der Waals surface area (Å²) in [7, 11) is 1.51. The van der Waals surface area contributed by atoms with Crippen LogP contribution in [0.4, 0.5) is 5.82 Å². The van der Waals surface area contributed by atoms with E-state index in [0.29, 0.717) is 38.4 Å². The van der Waals surface area contributed by atoms with Crippen LogP contribution in [0.5, 0.6) is 5.75 Å². The van der Waals surface area contributed by atoms with Gasteiger partial charge >= 0.3 is 0 Å². The van der Waals surface area contributed by atoms with Gasteiger partial charge in [0.1, 0.15) is 5.75 Å². The van der Waals surface area contributed by atoms with Crippen LogP contribution >= 0.6 is 23.4 Å². The first kappa shape index (κ1) is 22.6. The predicted octanol–water partition coefficient (Wildman–Crippen LogP) is 5.02. The molecule has 166 valence electrons. The van der Waals surface area contributed by atoms with Gasteiger partial charge in [-0.15, -0.1) is 0 Å². The van der Waals surface area contributed by atoms with Crippen molar-refractivity contribution in [1.82, 2.24) is 15.4 Å². The first-order chi connectivity index (χ1) is 16.0. The van der Waals surface area contributed by atoms with Crippen LogP contribution in [0.3, 0.4) is 0 Å². The molecule has 0 saturated heterocycles. The molecule has 7 nitrogen and oxygen atoms in total. The minimum absolute atomic E-state index is 0.0626. The Hall–Kier alpha value is -3.62. The lowest BCUT2D eigenvalue weighted by Gasteiger charge is -2.13. The molecule has 2 N–H and O–H groups in total. The Balaban J connectivity index is 1.52. The number of para-hydroxylation sites is 2. The fourth-order valence-corrected chi connectivity index (χ4v) is 3.95. The Morgan fingerprint density at radius 3 is 2.48 bits per heavy atom. The van der Waals surface area contributed by atoms with Gasteiger partial charge in [-0.2, -0.15) is 0 Å². The van der Waals surface area contributed by atoms with E-state index in [2.05, 4.69) is 20.8 Å². The summed E-state index contributed by atoms with van der Waals surface area (Å²) in [6.07, 6.45) is 0. The Bertz CT molecular complexity index is 1310. The highest BCUT2D eigenvalue weighted by atomic mass is 35.5. The van der Waals surface area contributed by atoms with Crippen LogP contribution in [-0.4, -0.2) is 34.5 Å². The molecule has 0 aliphatic rings. The number of aromatic nitrogens is 2. The lowest BCUT2D eigenvalue weighted by molar-refractivity contribution is 0.0958. The van der Waals surface area contributed by atoms with Gasteiger partial charge in [-0.25, -0.2) is 9.97 Å². The van der Waals surface area contributed by atoms with Gasteiger partial charge in [0.2, 0.25) is 0 Å². The minimum Gasteiger partial charge on any atom is -0.496 e. The molecule has 0 aliphatic heterocycles. The van der Waals surface area contributed by atoms with Crippen LogP contribution in [0.15, 0.2) is 78.0 Å². The van der Waals surface area contributed by atoms with E-state index < -0.39 is 0 Å². The number of ether oxygens (including phenoxy) is 1. The third kappa shape index (κ3) is 5.42. The van der Waals surface area contributed by atoms with Crippen LogP contribution in [0.25, 0.3) is 10.9 Å². The monoisotopic (exact) mass is 478 g/mol. The second-order valence-corrected chi connectivity index (χ2v) is 8.25. The number of carbonyl (C=O) groups excluding carboxylic acids is 2. The number of benzene rings is 3. The van der Waals surface area contributed by atoms with Crippen LogP contribution in [-0.2, 0) is 0 Å². The van der Waals surface area contributed by atoms with E-state index in [4.69, 9.17) is 16.3 Å². The molecule has 0 radical (unpaired) electrons. The average molecular weight is 479 g/mol. The van der Waals surface area contributed by atoms with Gasteiger partial charge in [-0.05, 0) is 48.5 Å². The highest BCUT2D eigenvalue weighted by molar-refractivity contribution is 7.99. The lowest BCUT2D eigenvalue weighted by Crippen LogP contribution is -2.30. The van der Waals surface area contributed by atoms with Gasteiger partial charge in [0, 0.05) is 16.0 Å². The van der Waals surface area contributed by atoms with E-state index >= 15 is 0 Å². The highest BCUT2D eigenvalue weighted by Crippen LogP contribution is 2.25. The number of Topliss-reactive ketones (excluding diaryl/α,β-unsaturated/α-hetero) is 1. The number of halogens is 1. The van der Waals surface area contributed by atoms with E-state index in [1.807, 2.05) is 24.3 Å². The second kappa shape index (κ2) is 10.3. The molecule has 0 fully saturated rings. The minimum atomic E-state index is -0.373. The molecule has 1 aromatic heterocycles. The molecular weight excluding hydrogens is 460 g/mol. The number of fused-ring (bicyclic) bond motifs is 1. The van der Waals surface area contributed by atoms with E-state index in [1.165, 1.54) is 18.9 Å². The van der Waals surface area contributed by atoms with Crippen molar-refractivity contribution in [1.29, 1.82) is 0 Å². The number of rotatable bonds is 8. The van der Waals surface area contributed by atoms with Crippen molar-refractivity contribution in [3.05, 3.63) is 88.9 Å². The van der Waals surface area contributed by atoms with Crippen molar-refractivity contribution in [2.45, 2.75) is 5.16 Å². The molecule has 4 aromatic rings. The molecule has 3 aromatic carbocycles. The van der Waals surface area contributed by atoms with E-state index in [-0.39, 0.29) is 17.4 Å². The molecule has 33 heavy (non-hydrogen) atoms. The molecule has 1 amide bonds. The third-order valence-electron chi connectivity index (χ3n) is 4.73. The van der Waals surface area contributed by atoms with Crippen LogP contribution in [0.1, 0.15) is 20.7 Å². The average Bonchev–Trinajstić information content (AvgIpc) is 2.86. The number of hydrazine groups is 1. The van der Waals surface area contributed by atoms with Crippen molar-refractivity contribution < 1.29 is 14.3 Å². The quantitative estimate of drug-likeness (QED) is 0.159. The number of thioether (sulfide) groups is 1. The molecule has 0 bridgehead atoms. The molecule has 4 rings (SSSR count). The summed E-state index contributed by atoms with van der Waals surface area (Å²) >= 11 is 7.11. The predicted molar refractivity (Wildman–Crippen MR) is 130 cm³/mol. The van der Waals surface area contributed by atoms with E-state index in [1.54, 1.807) is 48.5 Å². The number of hydrogen-bond acceptors (Lipinski definition) is 7. The maximum atomic E-state index is 12.7. The Morgan fingerprint density at radius 2 is 1.70 bits per heavy atom. The summed E-state index contributed by atoms with van der Waals surface area (Å²) in [6.45, 7) is 0. The molecule has 9 heteroatoms. The molecule has 0 saturated carbocycles. The van der Waals surface area contributed by atoms with E-state index in [9.17, 15) is 9.59 Å². The highest BCUT2D eigenvalue weighted by Gasteiger charge is 2.14. The van der Waals surface area contributed by atoms with Gasteiger partial charge in [-0.1, -0.05) is 47.6 Å². The van der Waals surface area contributed by atoms with Crippen LogP contribution < -0.4 is 15.6 Å². The fraction of sp³-hybridized carbons (Fsp3) is 0.0833. The standard InChI is InChI=1S/C24H19ClN4O3S/c1-32-21-9-5-3-7-18(21)23(31)29-28-22-17-6-2-4-8-19(17)26-24(27-22)33-14-20(30)15-10-12-16(25)13-11-15/h2-13H,14H2,1H3,(H,29,31)(H,26,27,28). The number of amides is 1. The normalized spacial score (nSPS) is 10.6. The summed E-state index contributed by atoms with van der Waals surface area (Å²) in [4.78, 5) is 34.2. The van der Waals surface area contributed by atoms with Gasteiger partial charge in [0.25, 0.3) is 5.91 Å². The molecule has 0 atom stereocenters. The molecule has 0 spiro atoms. The Labute approximate surface area is 199 Å². The number of hydrogen-bond donors (Lipinski definition) is 2. The number of nitrogens with one attached hydrogen (secondary N) is 2. The van der Waals surface area contributed by atoms with Crippen molar-refractivity contribution >= 4 is 51.8 Å². The van der Waals surface area contributed by atoms with Crippen molar-refractivity contribution in [3.63, 3.8) is 0 Å². The van der Waals surface area contributed by atoms with Gasteiger partial charge in [0.15, 0.2) is 16.8 Å². The van der Waals surface area contributed by atoms with Gasteiger partial charge in [0.05, 0.1) is 23.9 Å². The fourth-order valence-electron chi connectivity index (χ4n) is 3.08. The Kier molecular flexibility index (Phi) is 7.07. The summed E-state index contributed by atoms with van der Waals surface area (Å²) < 4.78 is 5.25. The summed E-state index contributed by atoms with van der Waals surface area (Å²) in [5, 5.41) is 1.71. The SMILES string of the molecule is COc1ccccc1C(=O)NNc1nc(SCC(=O)c2ccc(Cl)cc2)nc2ccccc12. The largest absolute Gasteiger partial charge is 0.496 e. The number of methoxy groups -OCH3 is 1. The smallest absolute Gasteiger partial charge is 0.273 e. The number of anilines is 1. The van der Waals surface area contributed by atoms with E-state index in [0.717, 1.165) is 5.39 Å². The molecule has 1 heterocycles. The third-order valence-corrected chi connectivity index (χ3v) is 5.83. The lowest BCUT2D eigenvalue weighted by atomic mass is 10.1. The number of ketones is 1. The van der Waals surface area contributed by atoms with Gasteiger partial charge in [-0.3, -0.25) is 20.4 Å². The Morgan fingerprint density at radius 1 is 0.970 bits per heavy atom. The summed E-state index contributed by atoms with van der Waals surface area (Å²) in [5.41, 5.74) is 7.17. The molecule has 0 aliphatic carbocycles. The maximum Gasteiger partial charge on any atom is 0.273 e. The zero-order valence-electron chi connectivity index (χ0n) is 17.5. The zero-order chi connectivity index (χ0) is 23.2. The van der Waals surface area contributed by atoms with Crippen LogP contribution in [0, 0.1) is 0 Å². The van der Waals surface area contributed by atoms with Crippen molar-refractivity contribution in [2.24, 2.45) is 0 Å². The zero-order valence-corrected chi connectivity index (χ0v) is 19.1. The maximum absolute atomic E-state index is 12.7. The summed E-state index contributed by atoms with van der Waals surface area (Å²) in [6, 6.07) is 21.1. The first-order valence-electron chi connectivity index (χ1n) is 9.93. The topological polar surface area (TPSA) is 93.2 Å². The second-order valence-electron chi connectivity index (χ2n) is 6.87. The van der Waals surface area contributed by atoms with Gasteiger partial charge < -0.3 is 4.74 Å². The first-order valence-corrected chi connectivity index (χ1v) is 11.3. The molecule has 0 unspecified atom stereocenters. The number of nitrogens with zero attached hydrogens (tertiary/aromatic N) is 2. The molecular formula is C24H19ClN4O3S. The van der Waals surface area contributed by atoms with Crippen LogP contribution in [0.2, 0.25) is 5.02 Å². The van der Waals surface area contributed by atoms with Crippen molar-refractivity contribution in [2.75, 3.05) is 18.3 Å². The summed E-state index contributed by atoms with van der Waals surface area (Å²) in [5.74, 6) is 0.605. The number of carbonyl (C=O) groups is 2.